The van der Waals surface area contributed by atoms with Gasteiger partial charge in [-0.2, -0.15) is 0 Å². The van der Waals surface area contributed by atoms with Gasteiger partial charge in [0.25, 0.3) is 0 Å². The highest BCUT2D eigenvalue weighted by atomic mass is 16.5. The highest BCUT2D eigenvalue weighted by Gasteiger charge is 2.61. The van der Waals surface area contributed by atoms with Gasteiger partial charge in [-0.3, -0.25) is 4.79 Å². The van der Waals surface area contributed by atoms with Crippen molar-refractivity contribution in [2.75, 3.05) is 7.11 Å². The summed E-state index contributed by atoms with van der Waals surface area (Å²) in [5.74, 6) is 2.32. The Kier molecular flexibility index (Phi) is 4.50. The molecule has 2 aliphatic carbocycles. The van der Waals surface area contributed by atoms with Gasteiger partial charge in [-0.1, -0.05) is 26.8 Å². The van der Waals surface area contributed by atoms with E-state index in [-0.39, 0.29) is 28.7 Å². The van der Waals surface area contributed by atoms with Crippen molar-refractivity contribution in [3.63, 3.8) is 0 Å². The normalized spacial score (nSPS) is 32.3. The van der Waals surface area contributed by atoms with Crippen LogP contribution >= 0.6 is 0 Å². The number of hydrogen-bond donors (Lipinski definition) is 0. The van der Waals surface area contributed by atoms with Crippen LogP contribution in [0.5, 0.6) is 11.5 Å². The molecule has 5 nitrogen and oxygen atoms in total. The number of methoxy groups -OCH3 is 1. The molecule has 1 fully saturated rings. The molecule has 1 aliphatic heterocycles. The minimum Gasteiger partial charge on any atom is -0.497 e. The number of benzene rings is 1. The number of ketones is 1. The zero-order valence-corrected chi connectivity index (χ0v) is 19.4. The lowest BCUT2D eigenvalue weighted by atomic mass is 9.46. The highest BCUT2D eigenvalue weighted by Crippen LogP contribution is 2.61. The van der Waals surface area contributed by atoms with Crippen molar-refractivity contribution in [2.24, 2.45) is 22.7 Å². The molecule has 0 N–H and O–H groups in total. The van der Waals surface area contributed by atoms with E-state index in [0.717, 1.165) is 24.2 Å². The molecule has 5 heteroatoms. The summed E-state index contributed by atoms with van der Waals surface area (Å²) in [5, 5.41) is 0. The van der Waals surface area contributed by atoms with Gasteiger partial charge in [0.1, 0.15) is 22.9 Å². The van der Waals surface area contributed by atoms with E-state index in [0.29, 0.717) is 23.5 Å². The second-order valence-corrected chi connectivity index (χ2v) is 10.5. The Balaban J connectivity index is 1.57. The molecule has 0 bridgehead atoms. The summed E-state index contributed by atoms with van der Waals surface area (Å²) >= 11 is 0. The minimum atomic E-state index is -0.423. The first kappa shape index (κ1) is 21.0. The molecule has 168 valence electrons. The Morgan fingerprint density at radius 3 is 2.44 bits per heavy atom. The Hall–Kier alpha value is -2.82. The van der Waals surface area contributed by atoms with Crippen LogP contribution in [0.4, 0.5) is 0 Å². The van der Waals surface area contributed by atoms with Crippen LogP contribution in [-0.2, 0) is 11.2 Å². The Morgan fingerprint density at radius 1 is 1.03 bits per heavy atom. The minimum absolute atomic E-state index is 0.0830. The molecule has 0 amide bonds. The van der Waals surface area contributed by atoms with Gasteiger partial charge < -0.3 is 13.9 Å². The van der Waals surface area contributed by atoms with E-state index in [1.165, 1.54) is 0 Å². The molecule has 0 saturated heterocycles. The first-order valence-electron chi connectivity index (χ1n) is 11.3. The molecule has 4 atom stereocenters. The van der Waals surface area contributed by atoms with Crippen LogP contribution in [0.3, 0.4) is 0 Å². The zero-order valence-electron chi connectivity index (χ0n) is 19.4. The van der Waals surface area contributed by atoms with Crippen LogP contribution in [0.15, 0.2) is 51.7 Å². The number of allylic oxidation sites excluding steroid dienone is 2. The van der Waals surface area contributed by atoms with Gasteiger partial charge in [0.15, 0.2) is 5.78 Å². The van der Waals surface area contributed by atoms with Crippen LogP contribution in [-0.4, -0.2) is 18.5 Å². The molecule has 0 radical (unpaired) electrons. The van der Waals surface area contributed by atoms with Crippen molar-refractivity contribution < 1.29 is 18.7 Å². The lowest BCUT2D eigenvalue weighted by Crippen LogP contribution is -2.62. The predicted octanol–water partition coefficient (Wildman–Crippen LogP) is 5.21. The number of fused-ring (bicyclic) bond motifs is 4. The fraction of sp³-hybridized carbons (Fsp3) is 0.481. The van der Waals surface area contributed by atoms with Crippen LogP contribution in [0.25, 0.3) is 11.3 Å². The molecule has 3 aliphatic rings. The third-order valence-electron chi connectivity index (χ3n) is 8.40. The lowest BCUT2D eigenvalue weighted by molar-refractivity contribution is -0.148. The van der Waals surface area contributed by atoms with Crippen LogP contribution < -0.4 is 15.1 Å². The van der Waals surface area contributed by atoms with Gasteiger partial charge in [-0.25, -0.2) is 4.79 Å². The maximum absolute atomic E-state index is 13.1. The van der Waals surface area contributed by atoms with Crippen LogP contribution in [0, 0.1) is 22.7 Å². The third-order valence-corrected chi connectivity index (χ3v) is 8.40. The molecular formula is C27H30O5. The number of rotatable bonds is 2. The average Bonchev–Trinajstić information content (AvgIpc) is 2.75. The number of ether oxygens (including phenoxy) is 2. The molecule has 0 spiro atoms. The topological polar surface area (TPSA) is 65.7 Å². The second kappa shape index (κ2) is 6.84. The Labute approximate surface area is 188 Å². The molecule has 2 aromatic rings. The molecule has 0 unspecified atom stereocenters. The van der Waals surface area contributed by atoms with E-state index in [2.05, 4.69) is 33.8 Å². The van der Waals surface area contributed by atoms with E-state index in [4.69, 9.17) is 13.9 Å². The number of hydrogen-bond acceptors (Lipinski definition) is 5. The summed E-state index contributed by atoms with van der Waals surface area (Å²) in [4.78, 5) is 25.7. The molecule has 32 heavy (non-hydrogen) atoms. The first-order chi connectivity index (χ1) is 15.1. The predicted molar refractivity (Wildman–Crippen MR) is 122 cm³/mol. The molecular weight excluding hydrogens is 404 g/mol. The van der Waals surface area contributed by atoms with E-state index >= 15 is 0 Å². The van der Waals surface area contributed by atoms with Crippen LogP contribution in [0.2, 0.25) is 0 Å². The van der Waals surface area contributed by atoms with Crippen molar-refractivity contribution in [3.8, 4) is 22.8 Å². The molecule has 1 aromatic carbocycles. The lowest BCUT2D eigenvalue weighted by Gasteiger charge is -2.60. The van der Waals surface area contributed by atoms with E-state index < -0.39 is 11.0 Å². The summed E-state index contributed by atoms with van der Waals surface area (Å²) < 4.78 is 17.6. The van der Waals surface area contributed by atoms with Crippen molar-refractivity contribution in [2.45, 2.75) is 52.6 Å². The fourth-order valence-corrected chi connectivity index (χ4v) is 6.51. The Morgan fingerprint density at radius 2 is 1.75 bits per heavy atom. The molecule has 1 saturated carbocycles. The zero-order chi connectivity index (χ0) is 22.9. The van der Waals surface area contributed by atoms with Crippen molar-refractivity contribution in [3.05, 3.63) is 58.5 Å². The molecule has 5 rings (SSSR count). The maximum atomic E-state index is 13.1. The summed E-state index contributed by atoms with van der Waals surface area (Å²) in [6, 6.07) is 9.27. The van der Waals surface area contributed by atoms with Gasteiger partial charge in [0.2, 0.25) is 0 Å². The van der Waals surface area contributed by atoms with E-state index in [1.807, 2.05) is 30.3 Å². The number of carbonyl (C=O) groups excluding carboxylic acids is 1. The summed E-state index contributed by atoms with van der Waals surface area (Å²) in [5.41, 5.74) is -0.0278. The van der Waals surface area contributed by atoms with E-state index in [9.17, 15) is 9.59 Å². The average molecular weight is 435 g/mol. The van der Waals surface area contributed by atoms with Crippen molar-refractivity contribution >= 4 is 5.78 Å². The van der Waals surface area contributed by atoms with Gasteiger partial charge in [0.05, 0.1) is 12.7 Å². The molecule has 2 heterocycles. The SMILES string of the molecule is COc1ccc(-c2cc3c(c(=O)o2)C[C@H]2[C@@]4(C)C=CC(=O)C(C)(C)[C@@H]4CC[C@@]2(C)O3)cc1. The van der Waals surface area contributed by atoms with Gasteiger partial charge in [-0.15, -0.1) is 0 Å². The summed E-state index contributed by atoms with van der Waals surface area (Å²) in [6.45, 7) is 8.49. The summed E-state index contributed by atoms with van der Waals surface area (Å²) in [6.07, 6.45) is 6.16. The maximum Gasteiger partial charge on any atom is 0.343 e. The van der Waals surface area contributed by atoms with Crippen molar-refractivity contribution in [1.82, 2.24) is 0 Å². The quantitative estimate of drug-likeness (QED) is 0.649. The molecule has 1 aromatic heterocycles. The number of carbonyl (C=O) groups is 1. The fourth-order valence-electron chi connectivity index (χ4n) is 6.51. The van der Waals surface area contributed by atoms with Gasteiger partial charge in [-0.05, 0) is 67.9 Å². The Bertz CT molecular complexity index is 1170. The van der Waals surface area contributed by atoms with Gasteiger partial charge in [0, 0.05) is 23.0 Å². The first-order valence-corrected chi connectivity index (χ1v) is 11.3. The standard InChI is InChI=1S/C27H30O5/c1-25(2)21-10-13-27(4)22(26(21,3)12-11-23(25)28)14-18-20(32-27)15-19(31-24(18)29)16-6-8-17(30-5)9-7-16/h6-9,11-12,15,21-22H,10,13-14H2,1-5H3/t21-,22-,26-,27+/m0/s1. The van der Waals surface area contributed by atoms with Crippen molar-refractivity contribution in [1.29, 1.82) is 0 Å². The smallest absolute Gasteiger partial charge is 0.343 e. The largest absolute Gasteiger partial charge is 0.497 e. The monoisotopic (exact) mass is 434 g/mol. The van der Waals surface area contributed by atoms with E-state index in [1.54, 1.807) is 13.2 Å². The van der Waals surface area contributed by atoms with Crippen LogP contribution in [0.1, 0.15) is 46.1 Å². The summed E-state index contributed by atoms with van der Waals surface area (Å²) in [7, 11) is 1.62. The second-order valence-electron chi connectivity index (χ2n) is 10.5. The third kappa shape index (κ3) is 2.90. The highest BCUT2D eigenvalue weighted by molar-refractivity contribution is 5.95. The van der Waals surface area contributed by atoms with Gasteiger partial charge >= 0.3 is 5.63 Å².